The van der Waals surface area contributed by atoms with Crippen LogP contribution < -0.4 is 0 Å². The molecule has 1 heterocycles. The second kappa shape index (κ2) is 6.81. The summed E-state index contributed by atoms with van der Waals surface area (Å²) in [5.74, 6) is -0.692. The smallest absolute Gasteiger partial charge is 0.299 e. The summed E-state index contributed by atoms with van der Waals surface area (Å²) in [6, 6.07) is 16.3. The fourth-order valence-electron chi connectivity index (χ4n) is 3.19. The molecule has 0 aliphatic heterocycles. The first-order chi connectivity index (χ1) is 13.4. The summed E-state index contributed by atoms with van der Waals surface area (Å²) >= 11 is 0. The minimum Gasteiger partial charge on any atom is -0.507 e. The highest BCUT2D eigenvalue weighted by Crippen LogP contribution is 2.37. The van der Waals surface area contributed by atoms with Crippen molar-refractivity contribution in [1.82, 2.24) is 4.98 Å². The van der Waals surface area contributed by atoms with Crippen LogP contribution in [0.4, 0.5) is 5.69 Å². The summed E-state index contributed by atoms with van der Waals surface area (Å²) in [6.07, 6.45) is 0. The lowest BCUT2D eigenvalue weighted by atomic mass is 10.0. The molecule has 1 amide bonds. The van der Waals surface area contributed by atoms with E-state index in [9.17, 15) is 15.0 Å². The number of nitrogens with one attached hydrogen (secondary N) is 1. The summed E-state index contributed by atoms with van der Waals surface area (Å²) < 4.78 is 0. The minimum atomic E-state index is -0.683. The first-order valence-electron chi connectivity index (χ1n) is 8.96. The second-order valence-electron chi connectivity index (χ2n) is 7.00. The van der Waals surface area contributed by atoms with E-state index >= 15 is 0 Å². The Bertz CT molecular complexity index is 1240. The Labute approximate surface area is 161 Å². The third-order valence-electron chi connectivity index (χ3n) is 4.78. The molecule has 0 saturated heterocycles. The van der Waals surface area contributed by atoms with E-state index in [1.165, 1.54) is 6.07 Å². The van der Waals surface area contributed by atoms with Crippen molar-refractivity contribution in [2.45, 2.75) is 19.8 Å². The zero-order valence-corrected chi connectivity index (χ0v) is 15.5. The Balaban J connectivity index is 1.73. The molecule has 0 unspecified atom stereocenters. The molecule has 0 aliphatic carbocycles. The maximum absolute atomic E-state index is 12.5. The van der Waals surface area contributed by atoms with Crippen LogP contribution in [-0.4, -0.2) is 21.1 Å². The molecule has 6 heteroatoms. The monoisotopic (exact) mass is 373 g/mol. The van der Waals surface area contributed by atoms with Crippen LogP contribution in [0.25, 0.3) is 21.7 Å². The Morgan fingerprint density at radius 3 is 2.43 bits per heavy atom. The van der Waals surface area contributed by atoms with Crippen LogP contribution >= 0.6 is 0 Å². The van der Waals surface area contributed by atoms with Crippen LogP contribution in [0.5, 0.6) is 11.6 Å². The topological polar surface area (TPSA) is 98.0 Å². The minimum absolute atomic E-state index is 0.0599. The van der Waals surface area contributed by atoms with Gasteiger partial charge < -0.3 is 15.2 Å². The van der Waals surface area contributed by atoms with Gasteiger partial charge in [-0.25, -0.2) is 0 Å². The van der Waals surface area contributed by atoms with Crippen molar-refractivity contribution < 1.29 is 15.0 Å². The summed E-state index contributed by atoms with van der Waals surface area (Å²) in [6.45, 7) is 4.14. The van der Waals surface area contributed by atoms with Crippen molar-refractivity contribution in [2.75, 3.05) is 0 Å². The number of hydrogen-bond donors (Lipinski definition) is 3. The molecule has 1 aromatic heterocycles. The standard InChI is InChI=1S/C22H19N3O3/c1-12(2)13-7-8-18-16(9-13)20(22(28)23-18)24-25-21(27)17-10-14-5-3-4-6-15(14)11-19(17)26/h3-12,23,26,28H,1-2H3. The van der Waals surface area contributed by atoms with Crippen LogP contribution in [0, 0.1) is 0 Å². The molecule has 0 bridgehead atoms. The van der Waals surface area contributed by atoms with Crippen LogP contribution in [0.15, 0.2) is 64.8 Å². The van der Waals surface area contributed by atoms with Crippen LogP contribution in [0.2, 0.25) is 0 Å². The van der Waals surface area contributed by atoms with Gasteiger partial charge in [-0.05, 0) is 46.5 Å². The number of carbonyl (C=O) groups excluding carboxylic acids is 1. The van der Waals surface area contributed by atoms with Crippen molar-refractivity contribution in [3.63, 3.8) is 0 Å². The van der Waals surface area contributed by atoms with E-state index in [2.05, 4.69) is 29.1 Å². The number of benzene rings is 3. The molecule has 0 radical (unpaired) electrons. The first-order valence-corrected chi connectivity index (χ1v) is 8.96. The highest BCUT2D eigenvalue weighted by Gasteiger charge is 2.15. The predicted octanol–water partition coefficient (Wildman–Crippen LogP) is 5.78. The quantitative estimate of drug-likeness (QED) is 0.397. The van der Waals surface area contributed by atoms with Crippen LogP contribution in [-0.2, 0) is 0 Å². The maximum Gasteiger partial charge on any atom is 0.299 e. The number of phenols is 1. The van der Waals surface area contributed by atoms with Gasteiger partial charge in [0.05, 0.1) is 11.1 Å². The number of nitrogens with zero attached hydrogens (tertiary/aromatic N) is 2. The number of azo groups is 1. The molecular formula is C22H19N3O3. The molecule has 140 valence electrons. The average Bonchev–Trinajstić information content (AvgIpc) is 2.99. The fraction of sp³-hybridized carbons (Fsp3) is 0.136. The number of H-pyrrole nitrogens is 1. The van der Waals surface area contributed by atoms with Gasteiger partial charge >= 0.3 is 0 Å². The van der Waals surface area contributed by atoms with E-state index in [-0.39, 0.29) is 22.9 Å². The Hall–Kier alpha value is -3.67. The highest BCUT2D eigenvalue weighted by molar-refractivity contribution is 6.02. The number of aromatic nitrogens is 1. The lowest BCUT2D eigenvalue weighted by Gasteiger charge is -2.04. The number of aromatic amines is 1. The molecule has 0 atom stereocenters. The number of hydrogen-bond acceptors (Lipinski definition) is 4. The zero-order valence-electron chi connectivity index (χ0n) is 15.5. The Morgan fingerprint density at radius 2 is 1.71 bits per heavy atom. The predicted molar refractivity (Wildman–Crippen MR) is 109 cm³/mol. The molecule has 4 aromatic rings. The summed E-state index contributed by atoms with van der Waals surface area (Å²) in [5, 5.41) is 30.4. The highest BCUT2D eigenvalue weighted by atomic mass is 16.3. The summed E-state index contributed by atoms with van der Waals surface area (Å²) in [4.78, 5) is 15.3. The van der Waals surface area contributed by atoms with Gasteiger partial charge in [0, 0.05) is 5.39 Å². The molecule has 0 fully saturated rings. The normalized spacial score (nSPS) is 11.8. The average molecular weight is 373 g/mol. The lowest BCUT2D eigenvalue weighted by molar-refractivity contribution is 0.0992. The molecule has 0 spiro atoms. The van der Waals surface area contributed by atoms with Gasteiger partial charge in [-0.2, -0.15) is 0 Å². The van der Waals surface area contributed by atoms with Crippen molar-refractivity contribution in [2.24, 2.45) is 10.2 Å². The van der Waals surface area contributed by atoms with Gasteiger partial charge in [0.2, 0.25) is 5.88 Å². The second-order valence-corrected chi connectivity index (χ2v) is 7.00. The van der Waals surface area contributed by atoms with Gasteiger partial charge in [-0.3, -0.25) is 4.79 Å². The number of amides is 1. The van der Waals surface area contributed by atoms with Crippen LogP contribution in [0.1, 0.15) is 35.7 Å². The summed E-state index contributed by atoms with van der Waals surface area (Å²) in [5.41, 5.74) is 2.05. The SMILES string of the molecule is CC(C)c1ccc2[nH]c(O)c(N=NC(=O)c3cc4ccccc4cc3O)c2c1. The molecule has 3 aromatic carbocycles. The third kappa shape index (κ3) is 3.09. The molecule has 0 aliphatic rings. The lowest BCUT2D eigenvalue weighted by Crippen LogP contribution is -1.94. The van der Waals surface area contributed by atoms with Gasteiger partial charge in [-0.1, -0.05) is 44.2 Å². The van der Waals surface area contributed by atoms with E-state index in [1.807, 2.05) is 42.5 Å². The molecule has 0 saturated carbocycles. The number of aromatic hydroxyl groups is 2. The molecule has 4 rings (SSSR count). The van der Waals surface area contributed by atoms with Crippen molar-refractivity contribution in [3.8, 4) is 11.6 Å². The molecule has 28 heavy (non-hydrogen) atoms. The third-order valence-corrected chi connectivity index (χ3v) is 4.78. The number of rotatable bonds is 3. The first kappa shape index (κ1) is 17.7. The molecule has 3 N–H and O–H groups in total. The summed E-state index contributed by atoms with van der Waals surface area (Å²) in [7, 11) is 0. The Morgan fingerprint density at radius 1 is 1.00 bits per heavy atom. The van der Waals surface area contributed by atoms with Gasteiger partial charge in [-0.15, -0.1) is 10.2 Å². The fourth-order valence-corrected chi connectivity index (χ4v) is 3.19. The van der Waals surface area contributed by atoms with E-state index in [0.717, 1.165) is 16.3 Å². The maximum atomic E-state index is 12.5. The van der Waals surface area contributed by atoms with Crippen molar-refractivity contribution in [3.05, 3.63) is 65.7 Å². The van der Waals surface area contributed by atoms with E-state index in [4.69, 9.17) is 0 Å². The van der Waals surface area contributed by atoms with E-state index in [0.29, 0.717) is 16.8 Å². The largest absolute Gasteiger partial charge is 0.507 e. The van der Waals surface area contributed by atoms with Crippen LogP contribution in [0.3, 0.4) is 0 Å². The van der Waals surface area contributed by atoms with Gasteiger partial charge in [0.15, 0.2) is 5.69 Å². The number of carbonyl (C=O) groups is 1. The molecule has 6 nitrogen and oxygen atoms in total. The number of phenolic OH excluding ortho intramolecular Hbond substituents is 1. The van der Waals surface area contributed by atoms with E-state index < -0.39 is 5.91 Å². The Kier molecular flexibility index (Phi) is 4.31. The number of fused-ring (bicyclic) bond motifs is 2. The zero-order chi connectivity index (χ0) is 19.8. The van der Waals surface area contributed by atoms with E-state index in [1.54, 1.807) is 6.07 Å². The molecular weight excluding hydrogens is 354 g/mol. The van der Waals surface area contributed by atoms with Crippen molar-refractivity contribution >= 4 is 33.3 Å². The van der Waals surface area contributed by atoms with Crippen molar-refractivity contribution in [1.29, 1.82) is 0 Å². The van der Waals surface area contributed by atoms with Gasteiger partial charge in [0.25, 0.3) is 5.91 Å². The van der Waals surface area contributed by atoms with Gasteiger partial charge in [0.1, 0.15) is 5.75 Å².